The maximum Gasteiger partial charge on any atom is 0.227 e. The van der Waals surface area contributed by atoms with Gasteiger partial charge in [0, 0.05) is 5.56 Å². The fourth-order valence-corrected chi connectivity index (χ4v) is 2.11. The number of fused-ring (bicyclic) bond motifs is 2. The van der Waals surface area contributed by atoms with Gasteiger partial charge in [-0.25, -0.2) is 4.98 Å². The van der Waals surface area contributed by atoms with Crippen LogP contribution in [0, 0.1) is 0 Å². The second kappa shape index (κ2) is 3.50. The molecule has 1 aliphatic heterocycles. The molecule has 1 N–H and O–H groups in total. The Morgan fingerprint density at radius 1 is 1.11 bits per heavy atom. The van der Waals surface area contributed by atoms with Gasteiger partial charge >= 0.3 is 0 Å². The van der Waals surface area contributed by atoms with Gasteiger partial charge in [0.05, 0.1) is 5.69 Å². The third kappa shape index (κ3) is 1.35. The molecule has 4 nitrogen and oxygen atoms in total. The number of oxazole rings is 1. The van der Waals surface area contributed by atoms with Crippen LogP contribution in [0.4, 0.5) is 5.69 Å². The van der Waals surface area contributed by atoms with Crippen LogP contribution in [-0.2, 0) is 0 Å². The number of aromatic nitrogens is 1. The van der Waals surface area contributed by atoms with E-state index in [-0.39, 0.29) is 0 Å². The van der Waals surface area contributed by atoms with Crippen molar-refractivity contribution >= 4 is 16.8 Å². The van der Waals surface area contributed by atoms with Gasteiger partial charge in [0.1, 0.15) is 11.3 Å². The van der Waals surface area contributed by atoms with E-state index in [1.165, 1.54) is 0 Å². The molecule has 0 saturated heterocycles. The lowest BCUT2D eigenvalue weighted by Crippen LogP contribution is -1.96. The zero-order chi connectivity index (χ0) is 11.9. The lowest BCUT2D eigenvalue weighted by Gasteiger charge is -1.99. The molecule has 0 amide bonds. The molecule has 0 saturated carbocycles. The van der Waals surface area contributed by atoms with Gasteiger partial charge in [0.25, 0.3) is 0 Å². The molecule has 88 valence electrons. The highest BCUT2D eigenvalue weighted by atomic mass is 16.5. The van der Waals surface area contributed by atoms with Crippen molar-refractivity contribution in [1.29, 1.82) is 0 Å². The van der Waals surface area contributed by atoms with Gasteiger partial charge in [-0.3, -0.25) is 0 Å². The van der Waals surface area contributed by atoms with Crippen molar-refractivity contribution in [3.8, 4) is 17.2 Å². The molecule has 0 unspecified atom stereocenters. The second-order valence-corrected chi connectivity index (χ2v) is 4.16. The summed E-state index contributed by atoms with van der Waals surface area (Å²) < 4.78 is 11.1. The lowest BCUT2D eigenvalue weighted by atomic mass is 10.2. The quantitative estimate of drug-likeness (QED) is 0.706. The Hall–Kier alpha value is -2.49. The van der Waals surface area contributed by atoms with E-state index in [0.717, 1.165) is 28.1 Å². The van der Waals surface area contributed by atoms with Crippen LogP contribution in [0.15, 0.2) is 46.9 Å². The highest BCUT2D eigenvalue weighted by Crippen LogP contribution is 2.34. The Labute approximate surface area is 103 Å². The van der Waals surface area contributed by atoms with Crippen LogP contribution in [-0.4, -0.2) is 11.7 Å². The Morgan fingerprint density at radius 2 is 2.06 bits per heavy atom. The molecular weight excluding hydrogens is 228 g/mol. The zero-order valence-corrected chi connectivity index (χ0v) is 9.51. The molecule has 2 aromatic carbocycles. The van der Waals surface area contributed by atoms with Crippen molar-refractivity contribution in [3.05, 3.63) is 42.5 Å². The first-order chi connectivity index (χ1) is 8.90. The molecule has 0 spiro atoms. The molecule has 4 rings (SSSR count). The molecule has 0 bridgehead atoms. The molecule has 2 heterocycles. The van der Waals surface area contributed by atoms with Gasteiger partial charge < -0.3 is 14.5 Å². The largest absolute Gasteiger partial charge is 0.471 e. The summed E-state index contributed by atoms with van der Waals surface area (Å²) in [4.78, 5) is 4.47. The number of nitrogens with zero attached hydrogens (tertiary/aromatic N) is 1. The third-order valence-electron chi connectivity index (χ3n) is 3.01. The predicted molar refractivity (Wildman–Crippen MR) is 68.6 cm³/mol. The van der Waals surface area contributed by atoms with Crippen LogP contribution >= 0.6 is 0 Å². The Bertz CT molecular complexity index is 700. The molecule has 0 aliphatic carbocycles. The predicted octanol–water partition coefficient (Wildman–Crippen LogP) is 3.26. The van der Waals surface area contributed by atoms with E-state index in [1.807, 2.05) is 42.5 Å². The SMILES string of the molecule is c1ccc2oc(-c3ccc4c(c3)NCO4)nc2c1. The highest BCUT2D eigenvalue weighted by molar-refractivity contribution is 5.77. The van der Waals surface area contributed by atoms with Crippen LogP contribution in [0.1, 0.15) is 0 Å². The maximum atomic E-state index is 5.73. The van der Waals surface area contributed by atoms with E-state index in [9.17, 15) is 0 Å². The van der Waals surface area contributed by atoms with Crippen molar-refractivity contribution in [2.24, 2.45) is 0 Å². The summed E-state index contributed by atoms with van der Waals surface area (Å²) in [7, 11) is 0. The topological polar surface area (TPSA) is 47.3 Å². The summed E-state index contributed by atoms with van der Waals surface area (Å²) in [5, 5.41) is 3.15. The van der Waals surface area contributed by atoms with Gasteiger partial charge in [-0.1, -0.05) is 12.1 Å². The smallest absolute Gasteiger partial charge is 0.227 e. The summed E-state index contributed by atoms with van der Waals surface area (Å²) in [6.45, 7) is 0.520. The van der Waals surface area contributed by atoms with Gasteiger partial charge in [-0.2, -0.15) is 0 Å². The van der Waals surface area contributed by atoms with Crippen LogP contribution in [0.5, 0.6) is 5.75 Å². The van der Waals surface area contributed by atoms with Gasteiger partial charge in [-0.15, -0.1) is 0 Å². The number of para-hydroxylation sites is 2. The highest BCUT2D eigenvalue weighted by Gasteiger charge is 2.14. The second-order valence-electron chi connectivity index (χ2n) is 4.16. The molecule has 0 fully saturated rings. The summed E-state index contributed by atoms with van der Waals surface area (Å²) in [5.41, 5.74) is 3.60. The number of hydrogen-bond donors (Lipinski definition) is 1. The number of ether oxygens (including phenoxy) is 1. The normalized spacial score (nSPS) is 13.1. The van der Waals surface area contributed by atoms with Crippen molar-refractivity contribution in [2.45, 2.75) is 0 Å². The molecule has 4 heteroatoms. The van der Waals surface area contributed by atoms with E-state index >= 15 is 0 Å². The number of nitrogens with one attached hydrogen (secondary N) is 1. The number of hydrogen-bond acceptors (Lipinski definition) is 4. The average molecular weight is 238 g/mol. The molecule has 3 aromatic rings. The number of rotatable bonds is 1. The molecule has 1 aromatic heterocycles. The molecular formula is C14H10N2O2. The van der Waals surface area contributed by atoms with Crippen LogP contribution in [0.25, 0.3) is 22.6 Å². The van der Waals surface area contributed by atoms with E-state index in [0.29, 0.717) is 12.6 Å². The van der Waals surface area contributed by atoms with E-state index in [1.54, 1.807) is 0 Å². The summed E-state index contributed by atoms with van der Waals surface area (Å²) in [6, 6.07) is 13.6. The Morgan fingerprint density at radius 3 is 3.00 bits per heavy atom. The molecule has 18 heavy (non-hydrogen) atoms. The minimum absolute atomic E-state index is 0.520. The van der Waals surface area contributed by atoms with Gasteiger partial charge in [0.15, 0.2) is 12.3 Å². The average Bonchev–Trinajstić information content (AvgIpc) is 3.04. The zero-order valence-electron chi connectivity index (χ0n) is 9.51. The molecule has 0 atom stereocenters. The van der Waals surface area contributed by atoms with Crippen LogP contribution in [0.3, 0.4) is 0 Å². The minimum atomic E-state index is 0.520. The summed E-state index contributed by atoms with van der Waals surface area (Å²) >= 11 is 0. The maximum absolute atomic E-state index is 5.73. The first-order valence-corrected chi connectivity index (χ1v) is 5.77. The fraction of sp³-hybridized carbons (Fsp3) is 0.0714. The number of benzene rings is 2. The standard InChI is InChI=1S/C14H10N2O2/c1-2-4-13-10(3-1)16-14(18-13)9-5-6-12-11(7-9)15-8-17-12/h1-7,15H,8H2. The van der Waals surface area contributed by atoms with Crippen LogP contribution in [0.2, 0.25) is 0 Å². The monoisotopic (exact) mass is 238 g/mol. The van der Waals surface area contributed by atoms with Crippen molar-refractivity contribution in [2.75, 3.05) is 12.0 Å². The van der Waals surface area contributed by atoms with Crippen molar-refractivity contribution in [3.63, 3.8) is 0 Å². The van der Waals surface area contributed by atoms with Gasteiger partial charge in [0.2, 0.25) is 5.89 Å². The Kier molecular flexibility index (Phi) is 1.85. The molecule has 1 aliphatic rings. The van der Waals surface area contributed by atoms with Crippen molar-refractivity contribution in [1.82, 2.24) is 4.98 Å². The van der Waals surface area contributed by atoms with Crippen LogP contribution < -0.4 is 10.1 Å². The Balaban J connectivity index is 1.86. The minimum Gasteiger partial charge on any atom is -0.471 e. The third-order valence-corrected chi connectivity index (χ3v) is 3.01. The van der Waals surface area contributed by atoms with Crippen molar-refractivity contribution < 1.29 is 9.15 Å². The number of anilines is 1. The lowest BCUT2D eigenvalue weighted by molar-refractivity contribution is 0.372. The van der Waals surface area contributed by atoms with E-state index in [2.05, 4.69) is 10.3 Å². The first-order valence-electron chi connectivity index (χ1n) is 5.77. The summed E-state index contributed by atoms with van der Waals surface area (Å²) in [5.74, 6) is 1.50. The first kappa shape index (κ1) is 9.53. The fourth-order valence-electron chi connectivity index (χ4n) is 2.11. The van der Waals surface area contributed by atoms with Gasteiger partial charge in [-0.05, 0) is 30.3 Å². The van der Waals surface area contributed by atoms with E-state index in [4.69, 9.17) is 9.15 Å². The molecule has 0 radical (unpaired) electrons. The van der Waals surface area contributed by atoms with E-state index < -0.39 is 0 Å². The summed E-state index contributed by atoms with van der Waals surface area (Å²) in [6.07, 6.45) is 0.